The maximum absolute atomic E-state index is 12.4. The van der Waals surface area contributed by atoms with Crippen molar-refractivity contribution in [3.63, 3.8) is 0 Å². The summed E-state index contributed by atoms with van der Waals surface area (Å²) in [7, 11) is 0. The molecule has 0 aliphatic carbocycles. The monoisotopic (exact) mass is 389 g/mol. The molecule has 3 aromatic rings. The molecule has 0 unspecified atom stereocenters. The Morgan fingerprint density at radius 2 is 1.72 bits per heavy atom. The van der Waals surface area contributed by atoms with Crippen molar-refractivity contribution in [2.45, 2.75) is 19.4 Å². The first-order valence-corrected chi connectivity index (χ1v) is 9.45. The van der Waals surface area contributed by atoms with Crippen LogP contribution < -0.4 is 10.7 Å². The van der Waals surface area contributed by atoms with E-state index in [0.29, 0.717) is 0 Å². The van der Waals surface area contributed by atoms with Crippen LogP contribution in [0.25, 0.3) is 10.8 Å². The number of fused-ring (bicyclic) bond motifs is 1. The highest BCUT2D eigenvalue weighted by molar-refractivity contribution is 5.99. The van der Waals surface area contributed by atoms with Crippen LogP contribution in [0.1, 0.15) is 30.5 Å². The van der Waals surface area contributed by atoms with Crippen molar-refractivity contribution in [2.24, 2.45) is 5.10 Å². The molecule has 6 heteroatoms. The molecular weight excluding hydrogens is 366 g/mol. The van der Waals surface area contributed by atoms with E-state index in [0.717, 1.165) is 21.9 Å². The van der Waals surface area contributed by atoms with E-state index in [1.165, 1.54) is 0 Å². The van der Waals surface area contributed by atoms with Crippen LogP contribution in [0.2, 0.25) is 0 Å². The molecule has 29 heavy (non-hydrogen) atoms. The molecule has 0 spiro atoms. The third-order valence-corrected chi connectivity index (χ3v) is 4.38. The number of benzene rings is 3. The van der Waals surface area contributed by atoms with Crippen molar-refractivity contribution in [3.05, 3.63) is 83.9 Å². The predicted molar refractivity (Wildman–Crippen MR) is 114 cm³/mol. The Bertz CT molecular complexity index is 997. The first kappa shape index (κ1) is 20.1. The van der Waals surface area contributed by atoms with E-state index in [9.17, 15) is 9.59 Å². The third-order valence-electron chi connectivity index (χ3n) is 4.38. The van der Waals surface area contributed by atoms with Gasteiger partial charge in [-0.1, -0.05) is 72.8 Å². The summed E-state index contributed by atoms with van der Waals surface area (Å²) in [4.78, 5) is 24.2. The van der Waals surface area contributed by atoms with Gasteiger partial charge in [0.15, 0.2) is 0 Å². The number of amides is 2. The predicted octanol–water partition coefficient (Wildman–Crippen LogP) is 4.17. The molecule has 148 valence electrons. The van der Waals surface area contributed by atoms with Crippen LogP contribution in [-0.4, -0.2) is 24.8 Å². The van der Waals surface area contributed by atoms with E-state index in [1.54, 1.807) is 13.1 Å². The van der Waals surface area contributed by atoms with Crippen molar-refractivity contribution in [1.29, 1.82) is 0 Å². The van der Waals surface area contributed by atoms with Crippen molar-refractivity contribution in [3.8, 4) is 0 Å². The molecule has 3 rings (SSSR count). The molecule has 0 bridgehead atoms. The molecule has 0 saturated heterocycles. The van der Waals surface area contributed by atoms with E-state index in [-0.39, 0.29) is 18.9 Å². The maximum Gasteiger partial charge on any atom is 0.407 e. The van der Waals surface area contributed by atoms with Crippen molar-refractivity contribution in [1.82, 2.24) is 10.7 Å². The lowest BCUT2D eigenvalue weighted by molar-refractivity contribution is -0.121. The van der Waals surface area contributed by atoms with Crippen LogP contribution in [-0.2, 0) is 9.53 Å². The Morgan fingerprint density at radius 1 is 1.00 bits per heavy atom. The molecule has 0 radical (unpaired) electrons. The first-order valence-electron chi connectivity index (χ1n) is 9.45. The summed E-state index contributed by atoms with van der Waals surface area (Å²) >= 11 is 0. The Hall–Kier alpha value is -3.67. The number of rotatable bonds is 7. The van der Waals surface area contributed by atoms with E-state index >= 15 is 0 Å². The first-order chi connectivity index (χ1) is 14.2. The molecule has 0 aromatic heterocycles. The Labute approximate surface area is 169 Å². The van der Waals surface area contributed by atoms with Gasteiger partial charge in [-0.15, -0.1) is 0 Å². The van der Waals surface area contributed by atoms with E-state index in [1.807, 2.05) is 72.8 Å². The van der Waals surface area contributed by atoms with Crippen LogP contribution >= 0.6 is 0 Å². The quantitative estimate of drug-likeness (QED) is 0.470. The zero-order chi connectivity index (χ0) is 20.5. The van der Waals surface area contributed by atoms with Crippen LogP contribution in [0, 0.1) is 0 Å². The van der Waals surface area contributed by atoms with Gasteiger partial charge in [-0.25, -0.2) is 10.2 Å². The minimum Gasteiger partial charge on any atom is -0.450 e. The summed E-state index contributed by atoms with van der Waals surface area (Å²) in [6.45, 7) is 1.99. The van der Waals surface area contributed by atoms with Crippen LogP contribution in [0.4, 0.5) is 4.79 Å². The zero-order valence-corrected chi connectivity index (χ0v) is 16.2. The normalized spacial score (nSPS) is 11.9. The lowest BCUT2D eigenvalue weighted by Crippen LogP contribution is -2.33. The molecule has 0 fully saturated rings. The number of carbonyl (C=O) groups excluding carboxylic acids is 2. The molecule has 0 aliphatic heterocycles. The summed E-state index contributed by atoms with van der Waals surface area (Å²) in [6, 6.07) is 22.6. The summed E-state index contributed by atoms with van der Waals surface area (Å²) in [5, 5.41) is 8.97. The van der Waals surface area contributed by atoms with Crippen molar-refractivity contribution in [2.75, 3.05) is 6.61 Å². The minimum atomic E-state index is -0.562. The minimum absolute atomic E-state index is 0.0374. The third kappa shape index (κ3) is 5.65. The highest BCUT2D eigenvalue weighted by atomic mass is 16.5. The Balaban J connectivity index is 1.66. The molecule has 6 nitrogen and oxygen atoms in total. The standard InChI is InChI=1S/C23H23N3O3/c1-2-29-23(28)25-21(18-10-4-3-5-11-18)15-22(27)26-24-16-19-13-8-12-17-9-6-7-14-20(17)19/h3-14,16,21H,2,15H2,1H3,(H,25,28)(H,26,27)/b24-16-/t21-/m1/s1. The Morgan fingerprint density at radius 3 is 2.52 bits per heavy atom. The average molecular weight is 389 g/mol. The number of hydrogen-bond donors (Lipinski definition) is 2. The highest BCUT2D eigenvalue weighted by Crippen LogP contribution is 2.18. The van der Waals surface area contributed by atoms with Crippen LogP contribution in [0.5, 0.6) is 0 Å². The van der Waals surface area contributed by atoms with Gasteiger partial charge in [0, 0.05) is 5.56 Å². The van der Waals surface area contributed by atoms with Gasteiger partial charge in [0.2, 0.25) is 5.91 Å². The van der Waals surface area contributed by atoms with Gasteiger partial charge in [-0.3, -0.25) is 4.79 Å². The maximum atomic E-state index is 12.4. The second kappa shape index (κ2) is 10.0. The van der Waals surface area contributed by atoms with E-state index in [4.69, 9.17) is 4.74 Å². The van der Waals surface area contributed by atoms with Gasteiger partial charge in [-0.05, 0) is 23.3 Å². The molecule has 0 saturated carbocycles. The largest absolute Gasteiger partial charge is 0.450 e. The number of nitrogens with one attached hydrogen (secondary N) is 2. The Kier molecular flexibility index (Phi) is 6.95. The molecule has 0 aliphatic rings. The van der Waals surface area contributed by atoms with Gasteiger partial charge in [0.05, 0.1) is 25.3 Å². The SMILES string of the molecule is CCOC(=O)N[C@H](CC(=O)N/N=C\c1cccc2ccccc12)c1ccccc1. The lowest BCUT2D eigenvalue weighted by atomic mass is 10.0. The number of alkyl carbamates (subject to hydrolysis) is 1. The number of carbonyl (C=O) groups is 2. The number of hydrazone groups is 1. The fourth-order valence-electron chi connectivity index (χ4n) is 3.02. The molecule has 1 atom stereocenters. The van der Waals surface area contributed by atoms with Gasteiger partial charge in [-0.2, -0.15) is 5.10 Å². The summed E-state index contributed by atoms with van der Waals surface area (Å²) in [6.07, 6.45) is 1.10. The molecule has 2 amide bonds. The van der Waals surface area contributed by atoms with Gasteiger partial charge < -0.3 is 10.1 Å². The summed E-state index contributed by atoms with van der Waals surface area (Å²) in [5.41, 5.74) is 4.26. The second-order valence-corrected chi connectivity index (χ2v) is 6.39. The van der Waals surface area contributed by atoms with E-state index < -0.39 is 12.1 Å². The lowest BCUT2D eigenvalue weighted by Gasteiger charge is -2.18. The summed E-state index contributed by atoms with van der Waals surface area (Å²) < 4.78 is 4.94. The van der Waals surface area contributed by atoms with Crippen LogP contribution in [0.3, 0.4) is 0 Å². The molecule has 0 heterocycles. The second-order valence-electron chi connectivity index (χ2n) is 6.39. The molecule has 3 aromatic carbocycles. The number of hydrogen-bond acceptors (Lipinski definition) is 4. The van der Waals surface area contributed by atoms with Gasteiger partial charge >= 0.3 is 6.09 Å². The van der Waals surface area contributed by atoms with Gasteiger partial charge in [0.1, 0.15) is 0 Å². The van der Waals surface area contributed by atoms with Crippen molar-refractivity contribution >= 4 is 29.0 Å². The smallest absolute Gasteiger partial charge is 0.407 e. The van der Waals surface area contributed by atoms with Crippen LogP contribution in [0.15, 0.2) is 77.9 Å². The average Bonchev–Trinajstić information content (AvgIpc) is 2.74. The van der Waals surface area contributed by atoms with E-state index in [2.05, 4.69) is 15.8 Å². The fourth-order valence-corrected chi connectivity index (χ4v) is 3.02. The summed E-state index contributed by atoms with van der Waals surface area (Å²) in [5.74, 6) is -0.313. The fraction of sp³-hybridized carbons (Fsp3) is 0.174. The van der Waals surface area contributed by atoms with Crippen molar-refractivity contribution < 1.29 is 14.3 Å². The van der Waals surface area contributed by atoms with Gasteiger partial charge in [0.25, 0.3) is 0 Å². The topological polar surface area (TPSA) is 79.8 Å². The zero-order valence-electron chi connectivity index (χ0n) is 16.2. The number of ether oxygens (including phenoxy) is 1. The molecule has 2 N–H and O–H groups in total. The highest BCUT2D eigenvalue weighted by Gasteiger charge is 2.18. The number of nitrogens with zero attached hydrogens (tertiary/aromatic N) is 1. The molecular formula is C23H23N3O3.